The van der Waals surface area contributed by atoms with Gasteiger partial charge in [0.25, 0.3) is 5.91 Å². The van der Waals surface area contributed by atoms with Crippen LogP contribution in [0.5, 0.6) is 0 Å². The van der Waals surface area contributed by atoms with E-state index in [2.05, 4.69) is 10.2 Å². The van der Waals surface area contributed by atoms with Crippen LogP contribution >= 0.6 is 11.8 Å². The lowest BCUT2D eigenvalue weighted by Gasteiger charge is -2.34. The number of anilines is 2. The number of aliphatic hydroxyl groups is 1. The highest BCUT2D eigenvalue weighted by Gasteiger charge is 2.21. The average molecular weight is 346 g/mol. The van der Waals surface area contributed by atoms with Crippen molar-refractivity contribution in [3.63, 3.8) is 0 Å². The lowest BCUT2D eigenvalue weighted by atomic mass is 9.97. The Bertz CT molecular complexity index is 693. The number of carbonyl (C=O) groups is 1. The van der Waals surface area contributed by atoms with Crippen LogP contribution in [0.25, 0.3) is 0 Å². The monoisotopic (exact) mass is 346 g/mol. The first kappa shape index (κ1) is 16.9. The Morgan fingerprint density at radius 1 is 1.29 bits per heavy atom. The minimum atomic E-state index is -0.243. The Morgan fingerprint density at radius 2 is 2.04 bits per heavy atom. The molecule has 1 aliphatic heterocycles. The quantitative estimate of drug-likeness (QED) is 0.812. The van der Waals surface area contributed by atoms with Crippen LogP contribution in [0.3, 0.4) is 0 Å². The standard InChI is InChI=1S/C18H22N2O3S/c1-24-17-7-6-16(23-17)18(22)19-14-4-2-3-5-15(14)20-10-8-13(12-21)9-11-20/h2-7,13,21H,8-12H2,1H3,(H,19,22). The normalized spacial score (nSPS) is 15.5. The number of para-hydroxylation sites is 2. The molecule has 128 valence electrons. The van der Waals surface area contributed by atoms with Gasteiger partial charge in [0.2, 0.25) is 0 Å². The summed E-state index contributed by atoms with van der Waals surface area (Å²) in [7, 11) is 0. The molecule has 0 unspecified atom stereocenters. The number of furan rings is 1. The van der Waals surface area contributed by atoms with Gasteiger partial charge in [0.15, 0.2) is 10.9 Å². The van der Waals surface area contributed by atoms with Crippen molar-refractivity contribution in [3.05, 3.63) is 42.2 Å². The van der Waals surface area contributed by atoms with Crippen LogP contribution in [-0.2, 0) is 0 Å². The molecule has 24 heavy (non-hydrogen) atoms. The van der Waals surface area contributed by atoms with Crippen LogP contribution in [0.2, 0.25) is 0 Å². The van der Waals surface area contributed by atoms with Gasteiger partial charge in [-0.25, -0.2) is 0 Å². The SMILES string of the molecule is CSc1ccc(C(=O)Nc2ccccc2N2CCC(CO)CC2)o1. The van der Waals surface area contributed by atoms with Crippen molar-refractivity contribution in [1.29, 1.82) is 0 Å². The van der Waals surface area contributed by atoms with Gasteiger partial charge in [0.1, 0.15) is 0 Å². The fourth-order valence-electron chi connectivity index (χ4n) is 2.95. The van der Waals surface area contributed by atoms with Crippen molar-refractivity contribution in [2.75, 3.05) is 36.2 Å². The predicted octanol–water partition coefficient (Wildman–Crippen LogP) is 3.46. The third kappa shape index (κ3) is 3.76. The molecule has 0 saturated carbocycles. The number of thioether (sulfide) groups is 1. The van der Waals surface area contributed by atoms with Crippen molar-refractivity contribution in [3.8, 4) is 0 Å². The summed E-state index contributed by atoms with van der Waals surface area (Å²) in [4.78, 5) is 14.7. The van der Waals surface area contributed by atoms with Gasteiger partial charge >= 0.3 is 0 Å². The van der Waals surface area contributed by atoms with E-state index >= 15 is 0 Å². The van der Waals surface area contributed by atoms with Gasteiger partial charge in [-0.1, -0.05) is 23.9 Å². The van der Waals surface area contributed by atoms with E-state index in [0.717, 1.165) is 42.4 Å². The molecule has 0 atom stereocenters. The zero-order valence-corrected chi connectivity index (χ0v) is 14.5. The van der Waals surface area contributed by atoms with E-state index in [4.69, 9.17) is 4.42 Å². The van der Waals surface area contributed by atoms with Gasteiger partial charge in [-0.3, -0.25) is 4.79 Å². The van der Waals surface area contributed by atoms with Crippen molar-refractivity contribution in [2.45, 2.75) is 17.9 Å². The second-order valence-corrected chi connectivity index (χ2v) is 6.72. The van der Waals surface area contributed by atoms with E-state index in [9.17, 15) is 9.90 Å². The first-order chi connectivity index (χ1) is 11.7. The summed E-state index contributed by atoms with van der Waals surface area (Å²) in [6.07, 6.45) is 3.84. The van der Waals surface area contributed by atoms with Gasteiger partial charge in [-0.2, -0.15) is 0 Å². The fraction of sp³-hybridized carbons (Fsp3) is 0.389. The number of nitrogens with zero attached hydrogens (tertiary/aromatic N) is 1. The third-order valence-corrected chi connectivity index (χ3v) is 4.99. The molecule has 3 rings (SSSR count). The Morgan fingerprint density at radius 3 is 2.71 bits per heavy atom. The zero-order chi connectivity index (χ0) is 16.9. The third-order valence-electron chi connectivity index (χ3n) is 4.37. The number of benzene rings is 1. The van der Waals surface area contributed by atoms with Crippen LogP contribution in [0.4, 0.5) is 11.4 Å². The Hall–Kier alpha value is -1.92. The number of rotatable bonds is 5. The van der Waals surface area contributed by atoms with E-state index in [-0.39, 0.29) is 12.5 Å². The number of aliphatic hydroxyl groups excluding tert-OH is 1. The summed E-state index contributed by atoms with van der Waals surface area (Å²) in [5.74, 6) is 0.456. The summed E-state index contributed by atoms with van der Waals surface area (Å²) in [5.41, 5.74) is 1.80. The summed E-state index contributed by atoms with van der Waals surface area (Å²) >= 11 is 1.47. The molecule has 1 aliphatic rings. The Kier molecular flexibility index (Phi) is 5.48. The molecule has 1 amide bonds. The van der Waals surface area contributed by atoms with Gasteiger partial charge < -0.3 is 19.7 Å². The number of carbonyl (C=O) groups excluding carboxylic acids is 1. The molecule has 2 heterocycles. The zero-order valence-electron chi connectivity index (χ0n) is 13.7. The van der Waals surface area contributed by atoms with E-state index in [1.54, 1.807) is 12.1 Å². The van der Waals surface area contributed by atoms with Gasteiger partial charge in [0.05, 0.1) is 11.4 Å². The molecule has 0 spiro atoms. The molecule has 2 aromatic rings. The Labute approximate surface area is 146 Å². The van der Waals surface area contributed by atoms with Crippen LogP contribution in [0, 0.1) is 5.92 Å². The molecule has 6 heteroatoms. The summed E-state index contributed by atoms with van der Waals surface area (Å²) in [6, 6.07) is 11.3. The van der Waals surface area contributed by atoms with Crippen molar-refractivity contribution >= 4 is 29.0 Å². The lowest BCUT2D eigenvalue weighted by molar-refractivity contribution is 0.0992. The van der Waals surface area contributed by atoms with Crippen LogP contribution in [0.15, 0.2) is 45.9 Å². The summed E-state index contributed by atoms with van der Waals surface area (Å²) in [5, 5.41) is 13.0. The molecule has 0 aliphatic carbocycles. The minimum Gasteiger partial charge on any atom is -0.445 e. The summed E-state index contributed by atoms with van der Waals surface area (Å²) in [6.45, 7) is 2.02. The molecule has 1 fully saturated rings. The molecule has 0 radical (unpaired) electrons. The van der Waals surface area contributed by atoms with E-state index < -0.39 is 0 Å². The maximum Gasteiger partial charge on any atom is 0.291 e. The second kappa shape index (κ2) is 7.77. The highest BCUT2D eigenvalue weighted by Crippen LogP contribution is 2.30. The molecule has 1 aromatic heterocycles. The number of piperidine rings is 1. The van der Waals surface area contributed by atoms with E-state index in [1.807, 2.05) is 30.5 Å². The topological polar surface area (TPSA) is 65.7 Å². The maximum absolute atomic E-state index is 12.4. The maximum atomic E-state index is 12.4. The Balaban J connectivity index is 1.73. The lowest BCUT2D eigenvalue weighted by Crippen LogP contribution is -2.35. The van der Waals surface area contributed by atoms with Gasteiger partial charge in [0, 0.05) is 19.7 Å². The molecule has 5 nitrogen and oxygen atoms in total. The van der Waals surface area contributed by atoms with E-state index in [1.165, 1.54) is 11.8 Å². The molecular weight excluding hydrogens is 324 g/mol. The molecule has 0 bridgehead atoms. The second-order valence-electron chi connectivity index (χ2n) is 5.91. The number of hydrogen-bond donors (Lipinski definition) is 2. The van der Waals surface area contributed by atoms with Crippen LogP contribution in [-0.4, -0.2) is 37.0 Å². The largest absolute Gasteiger partial charge is 0.445 e. The van der Waals surface area contributed by atoms with Gasteiger partial charge in [-0.15, -0.1) is 0 Å². The highest BCUT2D eigenvalue weighted by molar-refractivity contribution is 7.98. The average Bonchev–Trinajstić information content (AvgIpc) is 3.12. The number of amides is 1. The number of nitrogens with one attached hydrogen (secondary N) is 1. The van der Waals surface area contributed by atoms with Crippen molar-refractivity contribution in [1.82, 2.24) is 0 Å². The van der Waals surface area contributed by atoms with Crippen LogP contribution < -0.4 is 10.2 Å². The summed E-state index contributed by atoms with van der Waals surface area (Å²) < 4.78 is 5.49. The smallest absolute Gasteiger partial charge is 0.291 e. The number of hydrogen-bond acceptors (Lipinski definition) is 5. The van der Waals surface area contributed by atoms with Crippen LogP contribution in [0.1, 0.15) is 23.4 Å². The van der Waals surface area contributed by atoms with Gasteiger partial charge in [-0.05, 0) is 49.3 Å². The molecular formula is C18H22N2O3S. The first-order valence-electron chi connectivity index (χ1n) is 8.11. The molecule has 1 saturated heterocycles. The predicted molar refractivity (Wildman–Crippen MR) is 96.9 cm³/mol. The van der Waals surface area contributed by atoms with Crippen molar-refractivity contribution < 1.29 is 14.3 Å². The minimum absolute atomic E-state index is 0.243. The molecule has 1 aromatic carbocycles. The van der Waals surface area contributed by atoms with Crippen molar-refractivity contribution in [2.24, 2.45) is 5.92 Å². The molecule has 2 N–H and O–H groups in total. The fourth-order valence-corrected chi connectivity index (χ4v) is 3.32. The highest BCUT2D eigenvalue weighted by atomic mass is 32.2. The first-order valence-corrected chi connectivity index (χ1v) is 9.33. The van der Waals surface area contributed by atoms with E-state index in [0.29, 0.717) is 11.7 Å².